The number of anilines is 1. The number of carbonyl (C=O) groups is 2. The van der Waals surface area contributed by atoms with Gasteiger partial charge in [0.2, 0.25) is 0 Å². The number of aliphatic carboxylic acids is 1. The van der Waals surface area contributed by atoms with Crippen molar-refractivity contribution in [1.82, 2.24) is 4.90 Å². The first kappa shape index (κ1) is 15.9. The molecule has 6 heteroatoms. The van der Waals surface area contributed by atoms with Crippen LogP contribution in [0.25, 0.3) is 0 Å². The molecule has 0 bridgehead atoms. The van der Waals surface area contributed by atoms with E-state index in [9.17, 15) is 14.0 Å². The van der Waals surface area contributed by atoms with Gasteiger partial charge in [-0.15, -0.1) is 0 Å². The number of carboxylic acids is 1. The molecule has 0 fully saturated rings. The highest BCUT2D eigenvalue weighted by Crippen LogP contribution is 2.19. The summed E-state index contributed by atoms with van der Waals surface area (Å²) in [5.74, 6) is -1.68. The number of hydrogen-bond donors (Lipinski definition) is 2. The smallest absolute Gasteiger partial charge is 0.323 e. The van der Waals surface area contributed by atoms with Crippen molar-refractivity contribution >= 4 is 17.7 Å². The van der Waals surface area contributed by atoms with Gasteiger partial charge in [0.25, 0.3) is 0 Å². The Morgan fingerprint density at radius 3 is 2.40 bits per heavy atom. The quantitative estimate of drug-likeness (QED) is 0.895. The van der Waals surface area contributed by atoms with E-state index < -0.39 is 29.9 Å². The second kappa shape index (κ2) is 5.90. The molecule has 0 heterocycles. The van der Waals surface area contributed by atoms with E-state index in [0.29, 0.717) is 0 Å². The van der Waals surface area contributed by atoms with E-state index in [4.69, 9.17) is 5.11 Å². The van der Waals surface area contributed by atoms with Crippen molar-refractivity contribution in [3.05, 3.63) is 29.6 Å². The molecule has 5 nitrogen and oxygen atoms in total. The summed E-state index contributed by atoms with van der Waals surface area (Å²) < 4.78 is 13.7. The van der Waals surface area contributed by atoms with Gasteiger partial charge in [0.15, 0.2) is 0 Å². The Balaban J connectivity index is 2.93. The maximum atomic E-state index is 13.7. The van der Waals surface area contributed by atoms with Crippen LogP contribution in [-0.4, -0.2) is 34.1 Å². The highest BCUT2D eigenvalue weighted by molar-refractivity contribution is 5.92. The first-order valence-corrected chi connectivity index (χ1v) is 6.18. The number of benzene rings is 1. The topological polar surface area (TPSA) is 69.6 Å². The van der Waals surface area contributed by atoms with Crippen LogP contribution in [0.15, 0.2) is 18.2 Å². The SMILES string of the molecule is Cc1ccc(NC(=O)N(CC(=O)O)C(C)(C)C)c(F)c1. The molecule has 0 spiro atoms. The summed E-state index contributed by atoms with van der Waals surface area (Å²) in [6.07, 6.45) is 0. The monoisotopic (exact) mass is 282 g/mol. The summed E-state index contributed by atoms with van der Waals surface area (Å²) in [6, 6.07) is 3.76. The summed E-state index contributed by atoms with van der Waals surface area (Å²) in [6.45, 7) is 6.41. The summed E-state index contributed by atoms with van der Waals surface area (Å²) >= 11 is 0. The third-order valence-electron chi connectivity index (χ3n) is 2.71. The largest absolute Gasteiger partial charge is 0.480 e. The van der Waals surface area contributed by atoms with Crippen molar-refractivity contribution in [3.8, 4) is 0 Å². The van der Waals surface area contributed by atoms with E-state index in [1.807, 2.05) is 0 Å². The standard InChI is InChI=1S/C14H19FN2O3/c1-9-5-6-11(10(15)7-9)16-13(20)17(8-12(18)19)14(2,3)4/h5-7H,8H2,1-4H3,(H,16,20)(H,18,19). The second-order valence-corrected chi connectivity index (χ2v) is 5.56. The van der Waals surface area contributed by atoms with Crippen LogP contribution in [0.5, 0.6) is 0 Å². The van der Waals surface area contributed by atoms with Crippen LogP contribution in [0.2, 0.25) is 0 Å². The van der Waals surface area contributed by atoms with Crippen molar-refractivity contribution in [3.63, 3.8) is 0 Å². The van der Waals surface area contributed by atoms with Crippen LogP contribution in [0.3, 0.4) is 0 Å². The average molecular weight is 282 g/mol. The van der Waals surface area contributed by atoms with Gasteiger partial charge in [-0.1, -0.05) is 6.07 Å². The van der Waals surface area contributed by atoms with Crippen molar-refractivity contribution in [2.45, 2.75) is 33.2 Å². The maximum absolute atomic E-state index is 13.7. The van der Waals surface area contributed by atoms with Crippen LogP contribution in [0.1, 0.15) is 26.3 Å². The Labute approximate surface area is 117 Å². The summed E-state index contributed by atoms with van der Waals surface area (Å²) in [5, 5.41) is 11.3. The van der Waals surface area contributed by atoms with Crippen molar-refractivity contribution in [2.24, 2.45) is 0 Å². The number of rotatable bonds is 3. The fourth-order valence-electron chi connectivity index (χ4n) is 1.65. The van der Waals surface area contributed by atoms with Crippen molar-refractivity contribution in [2.75, 3.05) is 11.9 Å². The molecule has 0 atom stereocenters. The fourth-order valence-corrected chi connectivity index (χ4v) is 1.65. The molecule has 1 aromatic rings. The Morgan fingerprint density at radius 1 is 1.35 bits per heavy atom. The van der Waals surface area contributed by atoms with Gasteiger partial charge >= 0.3 is 12.0 Å². The number of urea groups is 1. The lowest BCUT2D eigenvalue weighted by atomic mass is 10.1. The highest BCUT2D eigenvalue weighted by Gasteiger charge is 2.28. The Kier molecular flexibility index (Phi) is 4.70. The maximum Gasteiger partial charge on any atom is 0.323 e. The molecule has 0 aliphatic carbocycles. The normalized spacial score (nSPS) is 11.1. The molecule has 2 amide bonds. The van der Waals surface area contributed by atoms with Crippen LogP contribution < -0.4 is 5.32 Å². The lowest BCUT2D eigenvalue weighted by molar-refractivity contribution is -0.138. The first-order chi connectivity index (χ1) is 9.11. The number of amides is 2. The highest BCUT2D eigenvalue weighted by atomic mass is 19.1. The predicted molar refractivity (Wildman–Crippen MR) is 74.3 cm³/mol. The number of aryl methyl sites for hydroxylation is 1. The van der Waals surface area contributed by atoms with E-state index in [2.05, 4.69) is 5.32 Å². The molecule has 0 saturated carbocycles. The minimum Gasteiger partial charge on any atom is -0.480 e. The predicted octanol–water partition coefficient (Wildman–Crippen LogP) is 2.85. The second-order valence-electron chi connectivity index (χ2n) is 5.56. The zero-order valence-electron chi connectivity index (χ0n) is 12.0. The Bertz CT molecular complexity index is 524. The van der Waals surface area contributed by atoms with Crippen LogP contribution in [-0.2, 0) is 4.79 Å². The van der Waals surface area contributed by atoms with Gasteiger partial charge in [-0.05, 0) is 45.4 Å². The van der Waals surface area contributed by atoms with Crippen LogP contribution in [0, 0.1) is 12.7 Å². The molecule has 0 aliphatic heterocycles. The number of halogens is 1. The minimum atomic E-state index is -1.13. The number of nitrogens with one attached hydrogen (secondary N) is 1. The Hall–Kier alpha value is -2.11. The van der Waals surface area contributed by atoms with Gasteiger partial charge < -0.3 is 15.3 Å². The van der Waals surface area contributed by atoms with Gasteiger partial charge in [0, 0.05) is 5.54 Å². The fraction of sp³-hybridized carbons (Fsp3) is 0.429. The van der Waals surface area contributed by atoms with E-state index in [0.717, 1.165) is 10.5 Å². The number of nitrogens with zero attached hydrogens (tertiary/aromatic N) is 1. The van der Waals surface area contributed by atoms with E-state index in [1.165, 1.54) is 12.1 Å². The van der Waals surface area contributed by atoms with Crippen LogP contribution >= 0.6 is 0 Å². The molecule has 0 aliphatic rings. The zero-order chi connectivity index (χ0) is 15.5. The number of carbonyl (C=O) groups excluding carboxylic acids is 1. The van der Waals surface area contributed by atoms with Gasteiger partial charge in [0.1, 0.15) is 12.4 Å². The van der Waals surface area contributed by atoms with Crippen molar-refractivity contribution in [1.29, 1.82) is 0 Å². The summed E-state index contributed by atoms with van der Waals surface area (Å²) in [7, 11) is 0. The van der Waals surface area contributed by atoms with Gasteiger partial charge in [-0.3, -0.25) is 4.79 Å². The van der Waals surface area contributed by atoms with Gasteiger partial charge in [-0.25, -0.2) is 9.18 Å². The van der Waals surface area contributed by atoms with Crippen LogP contribution in [0.4, 0.5) is 14.9 Å². The third kappa shape index (κ3) is 4.22. The molecule has 0 radical (unpaired) electrons. The molecule has 0 aromatic heterocycles. The molecule has 0 unspecified atom stereocenters. The van der Waals surface area contributed by atoms with E-state index >= 15 is 0 Å². The number of hydrogen-bond acceptors (Lipinski definition) is 2. The minimum absolute atomic E-state index is 0.0280. The third-order valence-corrected chi connectivity index (χ3v) is 2.71. The van der Waals surface area contributed by atoms with E-state index in [1.54, 1.807) is 33.8 Å². The molecular weight excluding hydrogens is 263 g/mol. The number of carboxylic acid groups (broad SMARTS) is 1. The summed E-state index contributed by atoms with van der Waals surface area (Å²) in [4.78, 5) is 24.1. The molecule has 110 valence electrons. The van der Waals surface area contributed by atoms with Gasteiger partial charge in [-0.2, -0.15) is 0 Å². The van der Waals surface area contributed by atoms with Gasteiger partial charge in [0.05, 0.1) is 5.69 Å². The molecule has 2 N–H and O–H groups in total. The first-order valence-electron chi connectivity index (χ1n) is 6.18. The molecule has 1 aromatic carbocycles. The molecular formula is C14H19FN2O3. The van der Waals surface area contributed by atoms with Crippen molar-refractivity contribution < 1.29 is 19.1 Å². The lowest BCUT2D eigenvalue weighted by Gasteiger charge is -2.34. The Morgan fingerprint density at radius 2 is 1.95 bits per heavy atom. The lowest BCUT2D eigenvalue weighted by Crippen LogP contribution is -2.50. The zero-order valence-corrected chi connectivity index (χ0v) is 12.0. The van der Waals surface area contributed by atoms with E-state index in [-0.39, 0.29) is 5.69 Å². The average Bonchev–Trinajstić information content (AvgIpc) is 2.28. The summed E-state index contributed by atoms with van der Waals surface area (Å²) in [5.41, 5.74) is 0.0721. The molecule has 0 saturated heterocycles. The molecule has 1 rings (SSSR count). The molecule has 20 heavy (non-hydrogen) atoms.